The molecule has 7 N–H and O–H groups in total. The maximum Gasteiger partial charge on any atom is 1.00 e. The van der Waals surface area contributed by atoms with Crippen molar-refractivity contribution in [3.63, 3.8) is 0 Å². The molecule has 0 aromatic heterocycles. The van der Waals surface area contributed by atoms with E-state index in [1.807, 2.05) is 0 Å². The van der Waals surface area contributed by atoms with E-state index in [0.717, 1.165) is 0 Å². The molecule has 12 heteroatoms. The van der Waals surface area contributed by atoms with Crippen LogP contribution in [0.1, 0.15) is 0 Å². The van der Waals surface area contributed by atoms with Crippen LogP contribution in [0.15, 0.2) is 0 Å². The summed E-state index contributed by atoms with van der Waals surface area (Å²) in [6.07, 6.45) is -11.9. The number of amides is 1. The van der Waals surface area contributed by atoms with Gasteiger partial charge in [0.2, 0.25) is 6.29 Å². The second-order valence-electron chi connectivity index (χ2n) is 3.74. The summed E-state index contributed by atoms with van der Waals surface area (Å²) in [5.74, 6) is -1.63. The van der Waals surface area contributed by atoms with Crippen molar-refractivity contribution in [2.24, 2.45) is 0 Å². The fourth-order valence-electron chi connectivity index (χ4n) is 1.07. The van der Waals surface area contributed by atoms with Crippen molar-refractivity contribution in [2.45, 2.75) is 30.7 Å². The van der Waals surface area contributed by atoms with Crippen LogP contribution in [0.3, 0.4) is 0 Å². The SMILES string of the molecule is O=C([O-])CNC(=O)OC(O)[C@@H](O)[C@@H](O)[C@H](O)[C@H](O)CO.[Na+]. The number of ether oxygens (including phenoxy) is 1. The van der Waals surface area contributed by atoms with Crippen molar-refractivity contribution in [1.82, 2.24) is 5.32 Å². The molecule has 0 aliphatic rings. The number of hydrogen-bond acceptors (Lipinski definition) is 10. The van der Waals surface area contributed by atoms with E-state index >= 15 is 0 Å². The molecular weight excluding hydrogens is 305 g/mol. The Hall–Kier alpha value is -0.500. The number of alkyl carbamates (subject to hydrolysis) is 1. The summed E-state index contributed by atoms with van der Waals surface area (Å²) >= 11 is 0. The predicted molar refractivity (Wildman–Crippen MR) is 56.6 cm³/mol. The maximum absolute atomic E-state index is 10.9. The van der Waals surface area contributed by atoms with Gasteiger partial charge in [0.25, 0.3) is 0 Å². The number of carbonyl (C=O) groups excluding carboxylic acids is 2. The molecule has 0 fully saturated rings. The minimum absolute atomic E-state index is 0. The molecule has 0 aliphatic carbocycles. The maximum atomic E-state index is 10.9. The average Bonchev–Trinajstić information content (AvgIpc) is 2.41. The normalized spacial score (nSPS) is 17.6. The molecule has 0 saturated heterocycles. The van der Waals surface area contributed by atoms with Crippen molar-refractivity contribution in [2.75, 3.05) is 13.2 Å². The summed E-state index contributed by atoms with van der Waals surface area (Å²) in [7, 11) is 0. The van der Waals surface area contributed by atoms with Crippen LogP contribution >= 0.6 is 0 Å². The quantitative estimate of drug-likeness (QED) is 0.166. The topological polar surface area (TPSA) is 200 Å². The summed E-state index contributed by atoms with van der Waals surface area (Å²) in [6, 6.07) is 0. The van der Waals surface area contributed by atoms with Crippen molar-refractivity contribution in [3.05, 3.63) is 0 Å². The van der Waals surface area contributed by atoms with Crippen molar-refractivity contribution in [1.29, 1.82) is 0 Å². The van der Waals surface area contributed by atoms with E-state index in [4.69, 9.17) is 10.2 Å². The fraction of sp³-hybridized carbons (Fsp3) is 0.778. The molecule has 0 rings (SSSR count). The first kappa shape index (κ1) is 22.8. The zero-order chi connectivity index (χ0) is 15.9. The minimum atomic E-state index is -2.31. The molecule has 0 aliphatic heterocycles. The largest absolute Gasteiger partial charge is 1.00 e. The summed E-state index contributed by atoms with van der Waals surface area (Å²) in [5, 5.41) is 66.3. The van der Waals surface area contributed by atoms with E-state index in [-0.39, 0.29) is 29.6 Å². The van der Waals surface area contributed by atoms with Crippen LogP contribution in [0.2, 0.25) is 0 Å². The van der Waals surface area contributed by atoms with E-state index in [0.29, 0.717) is 0 Å². The summed E-state index contributed by atoms with van der Waals surface area (Å²) in [4.78, 5) is 20.9. The van der Waals surface area contributed by atoms with Gasteiger partial charge in [-0.15, -0.1) is 0 Å². The van der Waals surface area contributed by atoms with E-state index < -0.39 is 55.9 Å². The Morgan fingerprint density at radius 2 is 1.57 bits per heavy atom. The molecular formula is C9H16NNaO10. The number of nitrogens with one attached hydrogen (secondary N) is 1. The smallest absolute Gasteiger partial charge is 0.548 e. The van der Waals surface area contributed by atoms with Gasteiger partial charge in [-0.05, 0) is 0 Å². The molecule has 0 aromatic carbocycles. The molecule has 11 nitrogen and oxygen atoms in total. The molecule has 0 aromatic rings. The minimum Gasteiger partial charge on any atom is -0.548 e. The molecule has 21 heavy (non-hydrogen) atoms. The summed E-state index contributed by atoms with van der Waals surface area (Å²) in [6.45, 7) is -1.83. The zero-order valence-corrected chi connectivity index (χ0v) is 13.1. The van der Waals surface area contributed by atoms with Crippen molar-refractivity contribution >= 4 is 12.1 Å². The Balaban J connectivity index is 0. The standard InChI is InChI=1S/C9H17NO10.Na/c11-2-3(12)5(15)6(16)7(17)8(18)20-9(19)10-1-4(13)14;/h3,5-8,11-12,15-18H,1-2H2,(H,10,19)(H,13,14);/q;+1/p-1/t3-,5-,6+,7+,8?;/m1./s1. The number of carboxylic acid groups (broad SMARTS) is 1. The number of aliphatic carboxylic acids is 1. The molecule has 0 bridgehead atoms. The van der Waals surface area contributed by atoms with Gasteiger partial charge in [-0.25, -0.2) is 4.79 Å². The Kier molecular flexibility index (Phi) is 12.1. The van der Waals surface area contributed by atoms with Gasteiger partial charge in [0, 0.05) is 0 Å². The predicted octanol–water partition coefficient (Wildman–Crippen LogP) is -8.78. The van der Waals surface area contributed by atoms with Gasteiger partial charge in [0.1, 0.15) is 24.4 Å². The van der Waals surface area contributed by atoms with Crippen LogP contribution < -0.4 is 40.0 Å². The summed E-state index contributed by atoms with van der Waals surface area (Å²) < 4.78 is 4.10. The van der Waals surface area contributed by atoms with E-state index in [1.54, 1.807) is 5.32 Å². The van der Waals surface area contributed by atoms with Gasteiger partial charge in [-0.3, -0.25) is 0 Å². The van der Waals surface area contributed by atoms with Crippen LogP contribution in [-0.2, 0) is 9.53 Å². The average molecular weight is 321 g/mol. The van der Waals surface area contributed by atoms with Gasteiger partial charge in [-0.1, -0.05) is 0 Å². The first-order valence-corrected chi connectivity index (χ1v) is 5.36. The van der Waals surface area contributed by atoms with Gasteiger partial charge >= 0.3 is 35.7 Å². The van der Waals surface area contributed by atoms with Crippen molar-refractivity contribution in [3.8, 4) is 0 Å². The van der Waals surface area contributed by atoms with Crippen LogP contribution in [0.25, 0.3) is 0 Å². The molecule has 1 amide bonds. The molecule has 5 atom stereocenters. The van der Waals surface area contributed by atoms with Crippen LogP contribution in [0, 0.1) is 0 Å². The number of hydrogen-bond donors (Lipinski definition) is 7. The first-order valence-electron chi connectivity index (χ1n) is 5.36. The van der Waals surface area contributed by atoms with Crippen LogP contribution in [0.5, 0.6) is 0 Å². The number of aliphatic hydroxyl groups is 6. The number of rotatable bonds is 8. The van der Waals surface area contributed by atoms with Crippen LogP contribution in [0.4, 0.5) is 4.79 Å². The molecule has 0 radical (unpaired) electrons. The molecule has 0 heterocycles. The molecule has 1 unspecified atom stereocenters. The van der Waals surface area contributed by atoms with E-state index in [9.17, 15) is 35.1 Å². The third-order valence-electron chi connectivity index (χ3n) is 2.18. The Morgan fingerprint density at radius 3 is 2.00 bits per heavy atom. The zero-order valence-electron chi connectivity index (χ0n) is 11.1. The number of carbonyl (C=O) groups is 2. The Morgan fingerprint density at radius 1 is 1.05 bits per heavy atom. The third-order valence-corrected chi connectivity index (χ3v) is 2.18. The monoisotopic (exact) mass is 321 g/mol. The third kappa shape index (κ3) is 8.50. The number of carboxylic acids is 1. The van der Waals surface area contributed by atoms with Gasteiger partial charge in [0.15, 0.2) is 0 Å². The second-order valence-corrected chi connectivity index (χ2v) is 3.74. The summed E-state index contributed by atoms with van der Waals surface area (Å²) in [5.41, 5.74) is 0. The van der Waals surface area contributed by atoms with Gasteiger partial charge < -0.3 is 50.6 Å². The van der Waals surface area contributed by atoms with Gasteiger partial charge in [-0.2, -0.15) is 0 Å². The fourth-order valence-corrected chi connectivity index (χ4v) is 1.07. The second kappa shape index (κ2) is 11.1. The number of aliphatic hydroxyl groups excluding tert-OH is 6. The Labute approximate surface area is 141 Å². The van der Waals surface area contributed by atoms with E-state index in [1.165, 1.54) is 0 Å². The van der Waals surface area contributed by atoms with E-state index in [2.05, 4.69) is 4.74 Å². The van der Waals surface area contributed by atoms with Crippen LogP contribution in [-0.4, -0.2) is 86.6 Å². The Bertz CT molecular complexity index is 330. The van der Waals surface area contributed by atoms with Gasteiger partial charge in [0.05, 0.1) is 19.1 Å². The molecule has 0 spiro atoms. The molecule has 118 valence electrons. The molecule has 0 saturated carbocycles. The first-order chi connectivity index (χ1) is 9.20. The van der Waals surface area contributed by atoms with Crippen molar-refractivity contribution < 1.29 is 79.6 Å².